The molecule has 5 heteroatoms. The normalized spacial score (nSPS) is 20.1. The van der Waals surface area contributed by atoms with Gasteiger partial charge in [-0.15, -0.1) is 0 Å². The number of hydrogen-bond acceptors (Lipinski definition) is 3. The summed E-state index contributed by atoms with van der Waals surface area (Å²) in [6, 6.07) is 4.08. The highest BCUT2D eigenvalue weighted by atomic mass is 79.9. The molecular weight excluding hydrogens is 294 g/mol. The third-order valence-electron chi connectivity index (χ3n) is 3.45. The molecule has 2 rings (SSSR count). The van der Waals surface area contributed by atoms with E-state index >= 15 is 0 Å². The van der Waals surface area contributed by atoms with E-state index in [4.69, 9.17) is 0 Å². The number of likely N-dealkylation sites (tertiary alicyclic amines) is 1. The van der Waals surface area contributed by atoms with Crippen molar-refractivity contribution in [3.63, 3.8) is 0 Å². The molecule has 0 N–H and O–H groups in total. The average molecular weight is 312 g/mol. The lowest BCUT2D eigenvalue weighted by atomic mass is 10.2. The third kappa shape index (κ3) is 3.09. The molecule has 2 heterocycles. The Morgan fingerprint density at radius 3 is 2.94 bits per heavy atom. The molecular formula is C13H18BrN3O. The third-order valence-corrected chi connectivity index (χ3v) is 3.92. The molecule has 0 bridgehead atoms. The molecule has 1 saturated heterocycles. The molecule has 1 amide bonds. The van der Waals surface area contributed by atoms with Gasteiger partial charge in [-0.25, -0.2) is 4.98 Å². The van der Waals surface area contributed by atoms with Gasteiger partial charge in [0.25, 0.3) is 5.91 Å². The largest absolute Gasteiger partial charge is 0.339 e. The molecule has 1 atom stereocenters. The van der Waals surface area contributed by atoms with Gasteiger partial charge in [0.15, 0.2) is 0 Å². The molecule has 1 fully saturated rings. The number of pyridine rings is 1. The van der Waals surface area contributed by atoms with Gasteiger partial charge in [-0.05, 0) is 54.5 Å². The van der Waals surface area contributed by atoms with Gasteiger partial charge in [-0.3, -0.25) is 4.79 Å². The van der Waals surface area contributed by atoms with Crippen LogP contribution in [0.25, 0.3) is 0 Å². The summed E-state index contributed by atoms with van der Waals surface area (Å²) in [5.41, 5.74) is 0.501. The van der Waals surface area contributed by atoms with Crippen LogP contribution in [0, 0.1) is 0 Å². The second-order valence-corrected chi connectivity index (χ2v) is 5.74. The van der Waals surface area contributed by atoms with Gasteiger partial charge in [-0.1, -0.05) is 0 Å². The number of carbonyl (C=O) groups excluding carboxylic acids is 1. The molecule has 1 aliphatic rings. The van der Waals surface area contributed by atoms with Crippen molar-refractivity contribution < 1.29 is 4.79 Å². The second kappa shape index (κ2) is 5.80. The molecule has 98 valence electrons. The zero-order chi connectivity index (χ0) is 13.1. The van der Waals surface area contributed by atoms with Crippen molar-refractivity contribution in [2.45, 2.75) is 18.9 Å². The minimum atomic E-state index is -0.0113. The van der Waals surface area contributed by atoms with Crippen molar-refractivity contribution in [2.24, 2.45) is 0 Å². The predicted molar refractivity (Wildman–Crippen MR) is 74.5 cm³/mol. The summed E-state index contributed by atoms with van der Waals surface area (Å²) < 4.78 is 0.886. The van der Waals surface area contributed by atoms with Gasteiger partial charge in [-0.2, -0.15) is 0 Å². The van der Waals surface area contributed by atoms with Crippen LogP contribution in [0.1, 0.15) is 23.3 Å². The van der Waals surface area contributed by atoms with E-state index in [0.717, 1.165) is 17.6 Å². The van der Waals surface area contributed by atoms with Crippen LogP contribution in [0.5, 0.6) is 0 Å². The standard InChI is InChI=1S/C13H18BrN3O/c1-16-7-3-4-11(16)9-17(2)13(18)12-6-5-10(14)8-15-12/h5-6,8,11H,3-4,7,9H2,1-2H3. The van der Waals surface area contributed by atoms with Crippen LogP contribution in [0.15, 0.2) is 22.8 Å². The molecule has 0 saturated carbocycles. The number of nitrogens with zero attached hydrogens (tertiary/aromatic N) is 3. The van der Waals surface area contributed by atoms with Crippen molar-refractivity contribution in [2.75, 3.05) is 27.2 Å². The van der Waals surface area contributed by atoms with Crippen molar-refractivity contribution in [1.82, 2.24) is 14.8 Å². The van der Waals surface area contributed by atoms with Crippen LogP contribution < -0.4 is 0 Å². The maximum Gasteiger partial charge on any atom is 0.272 e. The zero-order valence-electron chi connectivity index (χ0n) is 10.8. The summed E-state index contributed by atoms with van der Waals surface area (Å²) in [4.78, 5) is 20.4. The van der Waals surface area contributed by atoms with Crippen LogP contribution in [0.2, 0.25) is 0 Å². The topological polar surface area (TPSA) is 36.4 Å². The summed E-state index contributed by atoms with van der Waals surface area (Å²) in [6.07, 6.45) is 4.05. The predicted octanol–water partition coefficient (Wildman–Crippen LogP) is 2.01. The Bertz CT molecular complexity index is 421. The first-order valence-electron chi connectivity index (χ1n) is 6.15. The lowest BCUT2D eigenvalue weighted by molar-refractivity contribution is 0.0755. The molecule has 1 aromatic rings. The van der Waals surface area contributed by atoms with Crippen LogP contribution in [-0.2, 0) is 0 Å². The Hall–Kier alpha value is -0.940. The molecule has 4 nitrogen and oxygen atoms in total. The van der Waals surface area contributed by atoms with Gasteiger partial charge in [0.05, 0.1) is 0 Å². The van der Waals surface area contributed by atoms with E-state index < -0.39 is 0 Å². The molecule has 0 aromatic carbocycles. The van der Waals surface area contributed by atoms with Crippen LogP contribution in [-0.4, -0.2) is 53.9 Å². The highest BCUT2D eigenvalue weighted by Gasteiger charge is 2.24. The van der Waals surface area contributed by atoms with Crippen LogP contribution >= 0.6 is 15.9 Å². The summed E-state index contributed by atoms with van der Waals surface area (Å²) in [6.45, 7) is 1.90. The maximum atomic E-state index is 12.2. The first-order chi connectivity index (χ1) is 8.58. The molecule has 0 radical (unpaired) electrons. The van der Waals surface area contributed by atoms with Gasteiger partial charge in [0.1, 0.15) is 5.69 Å². The van der Waals surface area contributed by atoms with Crippen molar-refractivity contribution in [1.29, 1.82) is 0 Å². The Morgan fingerprint density at radius 2 is 2.39 bits per heavy atom. The Balaban J connectivity index is 1.98. The fourth-order valence-electron chi connectivity index (χ4n) is 2.31. The maximum absolute atomic E-state index is 12.2. The number of likely N-dealkylation sites (N-methyl/N-ethyl adjacent to an activating group) is 2. The van der Waals surface area contributed by atoms with E-state index in [1.54, 1.807) is 17.2 Å². The quantitative estimate of drug-likeness (QED) is 0.857. The van der Waals surface area contributed by atoms with Crippen LogP contribution in [0.4, 0.5) is 0 Å². The second-order valence-electron chi connectivity index (χ2n) is 4.82. The number of hydrogen-bond donors (Lipinski definition) is 0. The lowest BCUT2D eigenvalue weighted by Gasteiger charge is -2.25. The summed E-state index contributed by atoms with van der Waals surface area (Å²) in [5.74, 6) is -0.0113. The Morgan fingerprint density at radius 1 is 1.61 bits per heavy atom. The van der Waals surface area contributed by atoms with Gasteiger partial charge < -0.3 is 9.80 Å². The van der Waals surface area contributed by atoms with Crippen molar-refractivity contribution in [3.8, 4) is 0 Å². The molecule has 1 aromatic heterocycles. The van der Waals surface area contributed by atoms with E-state index in [9.17, 15) is 4.79 Å². The minimum Gasteiger partial charge on any atom is -0.339 e. The highest BCUT2D eigenvalue weighted by Crippen LogP contribution is 2.16. The Kier molecular flexibility index (Phi) is 4.35. The van der Waals surface area contributed by atoms with Gasteiger partial charge >= 0.3 is 0 Å². The molecule has 18 heavy (non-hydrogen) atoms. The van der Waals surface area contributed by atoms with Gasteiger partial charge in [0, 0.05) is 30.3 Å². The number of amides is 1. The summed E-state index contributed by atoms with van der Waals surface area (Å²) in [7, 11) is 3.96. The van der Waals surface area contributed by atoms with E-state index in [-0.39, 0.29) is 5.91 Å². The average Bonchev–Trinajstić information content (AvgIpc) is 2.75. The number of rotatable bonds is 3. The fourth-order valence-corrected chi connectivity index (χ4v) is 2.54. The summed E-state index contributed by atoms with van der Waals surface area (Å²) in [5, 5.41) is 0. The van der Waals surface area contributed by atoms with Crippen molar-refractivity contribution in [3.05, 3.63) is 28.5 Å². The minimum absolute atomic E-state index is 0.0113. The highest BCUT2D eigenvalue weighted by molar-refractivity contribution is 9.10. The first-order valence-corrected chi connectivity index (χ1v) is 6.94. The zero-order valence-corrected chi connectivity index (χ0v) is 12.4. The van der Waals surface area contributed by atoms with Crippen molar-refractivity contribution >= 4 is 21.8 Å². The molecule has 0 spiro atoms. The molecule has 0 aliphatic carbocycles. The lowest BCUT2D eigenvalue weighted by Crippen LogP contribution is -2.39. The monoisotopic (exact) mass is 311 g/mol. The van der Waals surface area contributed by atoms with E-state index in [2.05, 4.69) is 32.9 Å². The Labute approximate surface area is 116 Å². The fraction of sp³-hybridized carbons (Fsp3) is 0.538. The summed E-state index contributed by atoms with van der Waals surface area (Å²) >= 11 is 3.32. The first kappa shape index (κ1) is 13.5. The number of aromatic nitrogens is 1. The van der Waals surface area contributed by atoms with E-state index in [1.165, 1.54) is 12.8 Å². The molecule has 1 aliphatic heterocycles. The molecule has 1 unspecified atom stereocenters. The number of halogens is 1. The van der Waals surface area contributed by atoms with E-state index in [1.807, 2.05) is 13.1 Å². The van der Waals surface area contributed by atoms with Crippen LogP contribution in [0.3, 0.4) is 0 Å². The van der Waals surface area contributed by atoms with E-state index in [0.29, 0.717) is 11.7 Å². The SMILES string of the molecule is CN(CC1CCCN1C)C(=O)c1ccc(Br)cn1. The smallest absolute Gasteiger partial charge is 0.272 e. The number of carbonyl (C=O) groups is 1. The van der Waals surface area contributed by atoms with Gasteiger partial charge in [0.2, 0.25) is 0 Å².